The summed E-state index contributed by atoms with van der Waals surface area (Å²) in [5, 5.41) is 0. The maximum atomic E-state index is 14.0. The van der Waals surface area contributed by atoms with Gasteiger partial charge in [0, 0.05) is 37.2 Å². The number of hydrogen-bond acceptors (Lipinski definition) is 4. The van der Waals surface area contributed by atoms with Gasteiger partial charge in [0.15, 0.2) is 0 Å². The first-order valence-electron chi connectivity index (χ1n) is 9.78. The van der Waals surface area contributed by atoms with Gasteiger partial charge in [-0.15, -0.1) is 23.7 Å². The Bertz CT molecular complexity index is 1000. The summed E-state index contributed by atoms with van der Waals surface area (Å²) >= 11 is 3.45. The highest BCUT2D eigenvalue weighted by molar-refractivity contribution is 7.99. The van der Waals surface area contributed by atoms with Crippen molar-refractivity contribution in [3.8, 4) is 21.6 Å². The van der Waals surface area contributed by atoms with Gasteiger partial charge in [0.2, 0.25) is 0 Å². The SMILES string of the molecule is Cl.Fc1ccc2c(c1)-c1sc(COCCN3CCCC3)cc1-c1ccccc1S2. The number of ether oxygens (including phenoxy) is 1. The Labute approximate surface area is 185 Å². The van der Waals surface area contributed by atoms with Crippen LogP contribution in [0.15, 0.2) is 58.3 Å². The van der Waals surface area contributed by atoms with E-state index in [1.807, 2.05) is 6.07 Å². The standard InChI is InChI=1S/C23H22FNOS2.ClH/c24-16-7-8-22-20(13-16)23-19(18-5-1-2-6-21(18)28-22)14-17(27-23)15-26-12-11-25-9-3-4-10-25;/h1-2,5-8,13-14H,3-4,9-12,15H2;1H. The van der Waals surface area contributed by atoms with Crippen LogP contribution in [0.3, 0.4) is 0 Å². The van der Waals surface area contributed by atoms with Crippen LogP contribution in [0.1, 0.15) is 17.7 Å². The average molecular weight is 448 g/mol. The summed E-state index contributed by atoms with van der Waals surface area (Å²) in [7, 11) is 0. The zero-order valence-electron chi connectivity index (χ0n) is 16.0. The van der Waals surface area contributed by atoms with Crippen molar-refractivity contribution in [2.75, 3.05) is 26.2 Å². The highest BCUT2D eigenvalue weighted by Gasteiger charge is 2.23. The quantitative estimate of drug-likeness (QED) is 0.315. The van der Waals surface area contributed by atoms with Gasteiger partial charge < -0.3 is 9.64 Å². The minimum absolute atomic E-state index is 0. The van der Waals surface area contributed by atoms with Gasteiger partial charge in [0.1, 0.15) is 5.82 Å². The summed E-state index contributed by atoms with van der Waals surface area (Å²) in [5.74, 6) is -0.187. The third kappa shape index (κ3) is 4.39. The van der Waals surface area contributed by atoms with E-state index in [0.29, 0.717) is 6.61 Å². The molecule has 1 aromatic heterocycles. The normalized spacial score (nSPS) is 15.2. The number of fused-ring (bicyclic) bond motifs is 5. The number of rotatable bonds is 5. The smallest absolute Gasteiger partial charge is 0.123 e. The molecule has 3 aromatic rings. The van der Waals surface area contributed by atoms with E-state index >= 15 is 0 Å². The molecule has 2 nitrogen and oxygen atoms in total. The number of hydrogen-bond donors (Lipinski definition) is 0. The van der Waals surface area contributed by atoms with Crippen LogP contribution < -0.4 is 0 Å². The van der Waals surface area contributed by atoms with Crippen LogP contribution in [0, 0.1) is 5.82 Å². The van der Waals surface area contributed by atoms with Crippen molar-refractivity contribution >= 4 is 35.5 Å². The maximum Gasteiger partial charge on any atom is 0.123 e. The Hall–Kier alpha value is -1.37. The van der Waals surface area contributed by atoms with Crippen LogP contribution in [0.4, 0.5) is 4.39 Å². The third-order valence-corrected chi connectivity index (χ3v) is 7.66. The van der Waals surface area contributed by atoms with Gasteiger partial charge >= 0.3 is 0 Å². The summed E-state index contributed by atoms with van der Waals surface area (Å²) in [6.45, 7) is 4.80. The van der Waals surface area contributed by atoms with Crippen LogP contribution in [-0.4, -0.2) is 31.1 Å². The summed E-state index contributed by atoms with van der Waals surface area (Å²) in [6.07, 6.45) is 2.62. The lowest BCUT2D eigenvalue weighted by atomic mass is 10.0. The van der Waals surface area contributed by atoms with E-state index in [1.54, 1.807) is 35.2 Å². The maximum absolute atomic E-state index is 14.0. The minimum atomic E-state index is -0.187. The molecular weight excluding hydrogens is 425 g/mol. The number of likely N-dealkylation sites (tertiary alicyclic amines) is 1. The molecule has 0 saturated carbocycles. The fraction of sp³-hybridized carbons (Fsp3) is 0.304. The first-order valence-corrected chi connectivity index (χ1v) is 11.4. The molecule has 0 N–H and O–H groups in total. The van der Waals surface area contributed by atoms with Gasteiger partial charge in [-0.05, 0) is 61.8 Å². The molecule has 2 aliphatic heterocycles. The van der Waals surface area contributed by atoms with Gasteiger partial charge in [-0.3, -0.25) is 0 Å². The lowest BCUT2D eigenvalue weighted by Crippen LogP contribution is -2.23. The molecule has 0 atom stereocenters. The van der Waals surface area contributed by atoms with Crippen LogP contribution in [0.2, 0.25) is 0 Å². The van der Waals surface area contributed by atoms with Crippen molar-refractivity contribution in [3.63, 3.8) is 0 Å². The van der Waals surface area contributed by atoms with Gasteiger partial charge in [0.05, 0.1) is 13.2 Å². The van der Waals surface area contributed by atoms with E-state index in [0.717, 1.165) is 28.5 Å². The average Bonchev–Trinajstić information content (AvgIpc) is 3.35. The molecule has 1 fully saturated rings. The lowest BCUT2D eigenvalue weighted by molar-refractivity contribution is 0.101. The van der Waals surface area contributed by atoms with Crippen molar-refractivity contribution in [3.05, 3.63) is 59.2 Å². The molecule has 2 aliphatic rings. The number of halogens is 2. The number of thiophene rings is 1. The summed E-state index contributed by atoms with van der Waals surface area (Å²) in [4.78, 5) is 7.13. The predicted octanol–water partition coefficient (Wildman–Crippen LogP) is 6.72. The van der Waals surface area contributed by atoms with E-state index in [9.17, 15) is 4.39 Å². The fourth-order valence-electron chi connectivity index (χ4n) is 3.95. The van der Waals surface area contributed by atoms with Crippen LogP contribution in [0.25, 0.3) is 21.6 Å². The molecule has 5 rings (SSSR count). The molecule has 0 radical (unpaired) electrons. The molecule has 0 spiro atoms. The molecule has 2 aromatic carbocycles. The molecule has 3 heterocycles. The van der Waals surface area contributed by atoms with E-state index in [4.69, 9.17) is 4.74 Å². The molecule has 0 unspecified atom stereocenters. The van der Waals surface area contributed by atoms with E-state index in [1.165, 1.54) is 46.8 Å². The lowest BCUT2D eigenvalue weighted by Gasteiger charge is -2.13. The van der Waals surface area contributed by atoms with Gasteiger partial charge in [-0.1, -0.05) is 30.0 Å². The number of nitrogens with zero attached hydrogens (tertiary/aromatic N) is 1. The van der Waals surface area contributed by atoms with Crippen molar-refractivity contribution in [2.24, 2.45) is 0 Å². The van der Waals surface area contributed by atoms with E-state index in [-0.39, 0.29) is 18.2 Å². The van der Waals surface area contributed by atoms with E-state index in [2.05, 4.69) is 35.2 Å². The molecule has 29 heavy (non-hydrogen) atoms. The van der Waals surface area contributed by atoms with E-state index < -0.39 is 0 Å². The first-order chi connectivity index (χ1) is 13.8. The van der Waals surface area contributed by atoms with Crippen LogP contribution in [-0.2, 0) is 11.3 Å². The molecule has 1 saturated heterocycles. The second-order valence-corrected chi connectivity index (χ2v) is 9.52. The highest BCUT2D eigenvalue weighted by Crippen LogP contribution is 2.51. The Balaban J connectivity index is 0.00000205. The second-order valence-electron chi connectivity index (χ2n) is 7.30. The van der Waals surface area contributed by atoms with Gasteiger partial charge in [-0.2, -0.15) is 0 Å². The minimum Gasteiger partial charge on any atom is -0.375 e. The predicted molar refractivity (Wildman–Crippen MR) is 122 cm³/mol. The summed E-state index contributed by atoms with van der Waals surface area (Å²) in [6, 6.07) is 15.8. The van der Waals surface area contributed by atoms with Crippen molar-refractivity contribution < 1.29 is 9.13 Å². The van der Waals surface area contributed by atoms with Gasteiger partial charge in [0.25, 0.3) is 0 Å². The highest BCUT2D eigenvalue weighted by atomic mass is 35.5. The number of benzene rings is 2. The molecule has 6 heteroatoms. The first kappa shape index (κ1) is 20.9. The largest absolute Gasteiger partial charge is 0.375 e. The molecule has 0 amide bonds. The van der Waals surface area contributed by atoms with Gasteiger partial charge in [-0.25, -0.2) is 4.39 Å². The summed E-state index contributed by atoms with van der Waals surface area (Å²) < 4.78 is 20.0. The molecule has 0 bridgehead atoms. The fourth-order valence-corrected chi connectivity index (χ4v) is 6.23. The third-order valence-electron chi connectivity index (χ3n) is 5.36. The molecular formula is C23H23ClFNOS2. The zero-order chi connectivity index (χ0) is 18.9. The Morgan fingerprint density at radius 1 is 0.931 bits per heavy atom. The Kier molecular flexibility index (Phi) is 6.62. The monoisotopic (exact) mass is 447 g/mol. The topological polar surface area (TPSA) is 12.5 Å². The zero-order valence-corrected chi connectivity index (χ0v) is 18.5. The van der Waals surface area contributed by atoms with Crippen molar-refractivity contribution in [1.29, 1.82) is 0 Å². The molecule has 152 valence electrons. The van der Waals surface area contributed by atoms with Crippen molar-refractivity contribution in [1.82, 2.24) is 4.90 Å². The van der Waals surface area contributed by atoms with Crippen LogP contribution in [0.5, 0.6) is 0 Å². The Morgan fingerprint density at radius 2 is 1.72 bits per heavy atom. The Morgan fingerprint density at radius 3 is 2.59 bits per heavy atom. The summed E-state index contributed by atoms with van der Waals surface area (Å²) in [5.41, 5.74) is 3.40. The van der Waals surface area contributed by atoms with Crippen molar-refractivity contribution in [2.45, 2.75) is 29.2 Å². The molecule has 0 aliphatic carbocycles. The van der Waals surface area contributed by atoms with Crippen LogP contribution >= 0.6 is 35.5 Å². The second kappa shape index (κ2) is 9.19.